The molecule has 1 aliphatic rings. The van der Waals surface area contributed by atoms with Crippen LogP contribution in [-0.2, 0) is 14.4 Å². The Hall–Kier alpha value is -2.30. The Morgan fingerprint density at radius 3 is 2.63 bits per heavy atom. The summed E-state index contributed by atoms with van der Waals surface area (Å²) in [5, 5.41) is 28.0. The van der Waals surface area contributed by atoms with Crippen molar-refractivity contribution in [2.24, 2.45) is 0 Å². The molecule has 2 rings (SSSR count). The van der Waals surface area contributed by atoms with Gasteiger partial charge in [-0.1, -0.05) is 35.6 Å². The van der Waals surface area contributed by atoms with Crippen LogP contribution in [0.25, 0.3) is 6.08 Å². The number of rotatable bonds is 7. The van der Waals surface area contributed by atoms with Gasteiger partial charge in [0.05, 0.1) is 17.0 Å². The number of methoxy groups -OCH3 is 1. The van der Waals surface area contributed by atoms with Gasteiger partial charge in [0, 0.05) is 12.5 Å². The molecule has 1 saturated heterocycles. The van der Waals surface area contributed by atoms with Gasteiger partial charge in [0.25, 0.3) is 5.91 Å². The lowest BCUT2D eigenvalue weighted by molar-refractivity contribution is -0.146. The van der Waals surface area contributed by atoms with Crippen molar-refractivity contribution in [3.63, 3.8) is 0 Å². The van der Waals surface area contributed by atoms with E-state index in [4.69, 9.17) is 33.7 Å². The molecule has 1 amide bonds. The molecule has 27 heavy (non-hydrogen) atoms. The zero-order chi connectivity index (χ0) is 20.3. The predicted octanol–water partition coefficient (Wildman–Crippen LogP) is 2.57. The second kappa shape index (κ2) is 8.59. The van der Waals surface area contributed by atoms with Gasteiger partial charge in [-0.2, -0.15) is 0 Å². The van der Waals surface area contributed by atoms with Crippen LogP contribution in [0.2, 0.25) is 5.02 Å². The Morgan fingerprint density at radius 2 is 2.07 bits per heavy atom. The van der Waals surface area contributed by atoms with Gasteiger partial charge in [-0.3, -0.25) is 14.5 Å². The van der Waals surface area contributed by atoms with Crippen molar-refractivity contribution in [1.82, 2.24) is 4.90 Å². The van der Waals surface area contributed by atoms with Gasteiger partial charge in [-0.25, -0.2) is 4.79 Å². The molecule has 3 N–H and O–H groups in total. The van der Waals surface area contributed by atoms with Crippen molar-refractivity contribution < 1.29 is 34.4 Å². The summed E-state index contributed by atoms with van der Waals surface area (Å²) in [4.78, 5) is 35.9. The van der Waals surface area contributed by atoms with Crippen molar-refractivity contribution in [2.75, 3.05) is 7.11 Å². The van der Waals surface area contributed by atoms with Gasteiger partial charge in [-0.15, -0.1) is 0 Å². The smallest absolute Gasteiger partial charge is 0.326 e. The molecule has 0 radical (unpaired) electrons. The highest BCUT2D eigenvalue weighted by molar-refractivity contribution is 8.26. The van der Waals surface area contributed by atoms with Gasteiger partial charge in [0.15, 0.2) is 11.5 Å². The third-order valence-electron chi connectivity index (χ3n) is 3.64. The van der Waals surface area contributed by atoms with Gasteiger partial charge in [0.2, 0.25) is 0 Å². The van der Waals surface area contributed by atoms with Crippen LogP contribution in [0.15, 0.2) is 17.0 Å². The number of thioether (sulfide) groups is 1. The number of carboxylic acids is 2. The number of phenolic OH excluding ortho intramolecular Hbond substituents is 1. The second-order valence-corrected chi connectivity index (χ2v) is 7.47. The number of hydrogen-bond donors (Lipinski definition) is 3. The van der Waals surface area contributed by atoms with Crippen molar-refractivity contribution in [3.8, 4) is 11.5 Å². The fourth-order valence-electron chi connectivity index (χ4n) is 2.35. The number of nitrogens with zero attached hydrogens (tertiary/aromatic N) is 1. The number of carbonyl (C=O) groups is 3. The minimum atomic E-state index is -1.38. The van der Waals surface area contributed by atoms with E-state index in [9.17, 15) is 24.6 Å². The summed E-state index contributed by atoms with van der Waals surface area (Å²) in [6, 6.07) is 1.28. The van der Waals surface area contributed by atoms with Crippen LogP contribution >= 0.6 is 35.6 Å². The first-order valence-corrected chi connectivity index (χ1v) is 9.04. The van der Waals surface area contributed by atoms with Crippen LogP contribution < -0.4 is 4.74 Å². The highest BCUT2D eigenvalue weighted by Gasteiger charge is 2.40. The molecule has 8 nitrogen and oxygen atoms in total. The summed E-state index contributed by atoms with van der Waals surface area (Å²) in [5.41, 5.74) is 0.365. The monoisotopic (exact) mass is 431 g/mol. The van der Waals surface area contributed by atoms with E-state index < -0.39 is 30.3 Å². The molecule has 1 aliphatic heterocycles. The molecule has 0 aliphatic carbocycles. The largest absolute Gasteiger partial charge is 0.504 e. The van der Waals surface area contributed by atoms with Crippen molar-refractivity contribution in [2.45, 2.75) is 18.9 Å². The van der Waals surface area contributed by atoms with E-state index in [1.54, 1.807) is 0 Å². The summed E-state index contributed by atoms with van der Waals surface area (Å²) in [6.45, 7) is 0. The number of ether oxygens (including phenoxy) is 1. The van der Waals surface area contributed by atoms with Crippen LogP contribution in [0.4, 0.5) is 0 Å². The zero-order valence-corrected chi connectivity index (χ0v) is 16.2. The highest BCUT2D eigenvalue weighted by Crippen LogP contribution is 2.38. The summed E-state index contributed by atoms with van der Waals surface area (Å²) < 4.78 is 5.00. The maximum atomic E-state index is 12.7. The standard InChI is InChI=1S/C16H14ClNO7S2/c1-25-11-4-7(8(17)6-10(11)19)5-12-14(22)18(16(26)27-12)9(15(23)24)2-3-13(20)21/h4-6,9,19H,2-3H2,1H3,(H,20,21)(H,23,24). The van der Waals surface area contributed by atoms with E-state index in [-0.39, 0.29) is 32.2 Å². The quantitative estimate of drug-likeness (QED) is 0.441. The van der Waals surface area contributed by atoms with E-state index in [2.05, 4.69) is 0 Å². The van der Waals surface area contributed by atoms with E-state index in [0.717, 1.165) is 16.7 Å². The first-order valence-electron chi connectivity index (χ1n) is 7.43. The topological polar surface area (TPSA) is 124 Å². The van der Waals surface area contributed by atoms with Gasteiger partial charge >= 0.3 is 11.9 Å². The minimum absolute atomic E-state index is 0.00547. The second-order valence-electron chi connectivity index (χ2n) is 5.38. The number of carbonyl (C=O) groups excluding carboxylic acids is 1. The lowest BCUT2D eigenvalue weighted by Gasteiger charge is -2.22. The number of aromatic hydroxyl groups is 1. The average molecular weight is 432 g/mol. The average Bonchev–Trinajstić information content (AvgIpc) is 2.84. The number of hydrogen-bond acceptors (Lipinski definition) is 7. The molecule has 1 aromatic carbocycles. The SMILES string of the molecule is COc1cc(C=C2SC(=S)N(C(CCC(=O)O)C(=O)O)C2=O)c(Cl)cc1O. The van der Waals surface area contributed by atoms with Gasteiger partial charge in [0.1, 0.15) is 10.4 Å². The van der Waals surface area contributed by atoms with Crippen molar-refractivity contribution >= 4 is 63.8 Å². The summed E-state index contributed by atoms with van der Waals surface area (Å²) in [7, 11) is 1.35. The van der Waals surface area contributed by atoms with Crippen LogP contribution in [0.1, 0.15) is 18.4 Å². The maximum Gasteiger partial charge on any atom is 0.326 e. The Labute approximate surface area is 168 Å². The Balaban J connectivity index is 2.35. The van der Waals surface area contributed by atoms with Crippen LogP contribution in [-0.4, -0.2) is 55.5 Å². The van der Waals surface area contributed by atoms with Crippen LogP contribution in [0.3, 0.4) is 0 Å². The lowest BCUT2D eigenvalue weighted by Crippen LogP contribution is -2.44. The maximum absolute atomic E-state index is 12.7. The third-order valence-corrected chi connectivity index (χ3v) is 5.29. The number of aliphatic carboxylic acids is 2. The van der Waals surface area contributed by atoms with E-state index in [1.807, 2.05) is 0 Å². The molecule has 0 bridgehead atoms. The fourth-order valence-corrected chi connectivity index (χ4v) is 3.91. The van der Waals surface area contributed by atoms with Crippen molar-refractivity contribution in [3.05, 3.63) is 27.6 Å². The third kappa shape index (κ3) is 4.71. The molecule has 1 heterocycles. The number of thiocarbonyl (C=S) groups is 1. The predicted molar refractivity (Wildman–Crippen MR) is 103 cm³/mol. The highest BCUT2D eigenvalue weighted by atomic mass is 35.5. The fraction of sp³-hybridized carbons (Fsp3) is 0.250. The normalized spacial score (nSPS) is 16.7. The van der Waals surface area contributed by atoms with Gasteiger partial charge < -0.3 is 20.1 Å². The molecule has 1 fully saturated rings. The van der Waals surface area contributed by atoms with E-state index in [1.165, 1.54) is 25.3 Å². The van der Waals surface area contributed by atoms with Crippen molar-refractivity contribution in [1.29, 1.82) is 0 Å². The molecule has 1 unspecified atom stereocenters. The van der Waals surface area contributed by atoms with Crippen LogP contribution in [0, 0.1) is 0 Å². The number of halogens is 1. The lowest BCUT2D eigenvalue weighted by atomic mass is 10.1. The molecule has 1 aromatic rings. The summed E-state index contributed by atoms with van der Waals surface area (Å²) >= 11 is 12.1. The molecule has 11 heteroatoms. The first kappa shape index (κ1) is 21.0. The van der Waals surface area contributed by atoms with Gasteiger partial charge in [-0.05, 0) is 24.1 Å². The number of benzene rings is 1. The Bertz CT molecular complexity index is 855. The molecule has 0 saturated carbocycles. The Kier molecular flexibility index (Phi) is 6.68. The first-order chi connectivity index (χ1) is 12.6. The summed E-state index contributed by atoms with van der Waals surface area (Å²) in [5.74, 6) is -3.22. The number of phenols is 1. The molecular weight excluding hydrogens is 418 g/mol. The Morgan fingerprint density at radius 1 is 1.41 bits per heavy atom. The van der Waals surface area contributed by atoms with E-state index >= 15 is 0 Å². The summed E-state index contributed by atoms with van der Waals surface area (Å²) in [6.07, 6.45) is 0.700. The molecule has 1 atom stereocenters. The molecule has 144 valence electrons. The number of amides is 1. The zero-order valence-electron chi connectivity index (χ0n) is 13.8. The molecule has 0 aromatic heterocycles. The molecular formula is C16H14ClNO7S2. The van der Waals surface area contributed by atoms with Crippen LogP contribution in [0.5, 0.6) is 11.5 Å². The minimum Gasteiger partial charge on any atom is -0.504 e. The number of carboxylic acid groups (broad SMARTS) is 2. The van der Waals surface area contributed by atoms with E-state index in [0.29, 0.717) is 5.56 Å². The molecule has 0 spiro atoms.